The van der Waals surface area contributed by atoms with Crippen molar-refractivity contribution in [1.29, 1.82) is 0 Å². The number of carbonyl (C=O) groups excluding carboxylic acids is 1. The van der Waals surface area contributed by atoms with Crippen molar-refractivity contribution in [2.24, 2.45) is 0 Å². The van der Waals surface area contributed by atoms with Gasteiger partial charge in [0.05, 0.1) is 6.04 Å². The average molecular weight is 337 g/mol. The van der Waals surface area contributed by atoms with Crippen LogP contribution in [0, 0.1) is 6.92 Å². The smallest absolute Gasteiger partial charge is 0.242 e. The van der Waals surface area contributed by atoms with Gasteiger partial charge in [0, 0.05) is 34.8 Å². The predicted octanol–water partition coefficient (Wildman–Crippen LogP) is 2.47. The molecule has 22 heavy (non-hydrogen) atoms. The Balaban J connectivity index is 0.00000176. The molecule has 2 N–H and O–H groups in total. The lowest BCUT2D eigenvalue weighted by Crippen LogP contribution is -2.37. The van der Waals surface area contributed by atoms with E-state index >= 15 is 0 Å². The van der Waals surface area contributed by atoms with E-state index < -0.39 is 0 Å². The summed E-state index contributed by atoms with van der Waals surface area (Å²) < 4.78 is 0. The lowest BCUT2D eigenvalue weighted by atomic mass is 10.2. The summed E-state index contributed by atoms with van der Waals surface area (Å²) in [6.07, 6.45) is 1.75. The first-order chi connectivity index (χ1) is 10.2. The quantitative estimate of drug-likeness (QED) is 0.901. The van der Waals surface area contributed by atoms with Crippen molar-refractivity contribution in [2.45, 2.75) is 13.0 Å². The number of hydrogen-bond donors (Lipinski definition) is 2. The Bertz CT molecular complexity index is 644. The van der Waals surface area contributed by atoms with Crippen LogP contribution in [0.4, 0.5) is 5.69 Å². The van der Waals surface area contributed by atoms with Crippen LogP contribution in [0.25, 0.3) is 11.4 Å². The molecule has 2 heterocycles. The summed E-state index contributed by atoms with van der Waals surface area (Å²) in [7, 11) is 0. The molecule has 0 aliphatic carbocycles. The van der Waals surface area contributed by atoms with Gasteiger partial charge in [0.25, 0.3) is 0 Å². The van der Waals surface area contributed by atoms with Crippen LogP contribution in [0.5, 0.6) is 0 Å². The number of anilines is 1. The molecule has 2 aromatic rings. The van der Waals surface area contributed by atoms with Gasteiger partial charge >= 0.3 is 0 Å². The fourth-order valence-electron chi connectivity index (χ4n) is 2.08. The number of rotatable bonds is 3. The summed E-state index contributed by atoms with van der Waals surface area (Å²) in [6, 6.07) is 9.35. The van der Waals surface area contributed by atoms with E-state index in [1.165, 1.54) is 0 Å². The molecule has 1 aliphatic heterocycles. The van der Waals surface area contributed by atoms with Gasteiger partial charge in [0.15, 0.2) is 5.82 Å². The Morgan fingerprint density at radius 3 is 2.73 bits per heavy atom. The molecule has 7 heteroatoms. The summed E-state index contributed by atoms with van der Waals surface area (Å²) in [6.45, 7) is 1.94. The molecule has 1 atom stereocenters. The third kappa shape index (κ3) is 3.97. The molecular weight excluding hydrogens is 320 g/mol. The molecule has 5 nitrogen and oxygen atoms in total. The molecule has 0 saturated carbocycles. The van der Waals surface area contributed by atoms with Crippen molar-refractivity contribution in [3.63, 3.8) is 0 Å². The fourth-order valence-corrected chi connectivity index (χ4v) is 3.03. The Labute approximate surface area is 139 Å². The fraction of sp³-hybridized carbons (Fsp3) is 0.267. The molecule has 1 unspecified atom stereocenters. The SMILES string of the molecule is Cc1ccnc(-c2ccc(NC(=O)C3CSCN3)cc2)n1.Cl. The van der Waals surface area contributed by atoms with Crippen LogP contribution in [0.2, 0.25) is 0 Å². The van der Waals surface area contributed by atoms with E-state index in [2.05, 4.69) is 20.6 Å². The molecule has 1 amide bonds. The lowest BCUT2D eigenvalue weighted by Gasteiger charge is -2.10. The number of thioether (sulfide) groups is 1. The molecule has 1 aromatic heterocycles. The molecular formula is C15H17ClN4OS. The van der Waals surface area contributed by atoms with Gasteiger partial charge in [-0.05, 0) is 37.3 Å². The van der Waals surface area contributed by atoms with Crippen molar-refractivity contribution in [3.05, 3.63) is 42.2 Å². The first-order valence-corrected chi connectivity index (χ1v) is 7.90. The van der Waals surface area contributed by atoms with Gasteiger partial charge in [-0.1, -0.05) is 0 Å². The number of nitrogens with one attached hydrogen (secondary N) is 2. The number of aryl methyl sites for hydroxylation is 1. The van der Waals surface area contributed by atoms with E-state index in [0.717, 1.165) is 28.6 Å². The highest BCUT2D eigenvalue weighted by atomic mass is 35.5. The number of aromatic nitrogens is 2. The molecule has 1 fully saturated rings. The third-order valence-electron chi connectivity index (χ3n) is 3.24. The van der Waals surface area contributed by atoms with Gasteiger partial charge in [-0.25, -0.2) is 9.97 Å². The van der Waals surface area contributed by atoms with E-state index in [4.69, 9.17) is 0 Å². The zero-order valence-electron chi connectivity index (χ0n) is 12.1. The standard InChI is InChI=1S/C15H16N4OS.ClH/c1-10-6-7-16-14(18-10)11-2-4-12(5-3-11)19-15(20)13-8-21-9-17-13;/h2-7,13,17H,8-9H2,1H3,(H,19,20);1H. The average Bonchev–Trinajstić information content (AvgIpc) is 3.02. The highest BCUT2D eigenvalue weighted by Gasteiger charge is 2.22. The summed E-state index contributed by atoms with van der Waals surface area (Å²) in [5.41, 5.74) is 2.66. The van der Waals surface area contributed by atoms with Crippen molar-refractivity contribution >= 4 is 35.8 Å². The lowest BCUT2D eigenvalue weighted by molar-refractivity contribution is -0.117. The van der Waals surface area contributed by atoms with E-state index in [1.54, 1.807) is 18.0 Å². The number of halogens is 1. The zero-order chi connectivity index (χ0) is 14.7. The van der Waals surface area contributed by atoms with E-state index in [1.807, 2.05) is 37.3 Å². The maximum atomic E-state index is 12.0. The highest BCUT2D eigenvalue weighted by Crippen LogP contribution is 2.19. The minimum Gasteiger partial charge on any atom is -0.325 e. The van der Waals surface area contributed by atoms with Crippen LogP contribution in [-0.4, -0.2) is 33.5 Å². The van der Waals surface area contributed by atoms with Crippen molar-refractivity contribution in [2.75, 3.05) is 16.9 Å². The Kier molecular flexibility index (Phi) is 5.76. The molecule has 0 spiro atoms. The van der Waals surface area contributed by atoms with Gasteiger partial charge < -0.3 is 5.32 Å². The van der Waals surface area contributed by atoms with Gasteiger partial charge in [-0.2, -0.15) is 0 Å². The minimum atomic E-state index is -0.102. The second-order valence-corrected chi connectivity index (χ2v) is 5.89. The Hall–Kier alpha value is -1.63. The molecule has 1 aliphatic rings. The van der Waals surface area contributed by atoms with Crippen molar-refractivity contribution in [3.8, 4) is 11.4 Å². The predicted molar refractivity (Wildman–Crippen MR) is 92.3 cm³/mol. The van der Waals surface area contributed by atoms with Gasteiger partial charge in [0.2, 0.25) is 5.91 Å². The third-order valence-corrected chi connectivity index (χ3v) is 4.18. The molecule has 116 valence electrons. The van der Waals surface area contributed by atoms with Gasteiger partial charge in [0.1, 0.15) is 0 Å². The summed E-state index contributed by atoms with van der Waals surface area (Å²) >= 11 is 1.73. The number of hydrogen-bond acceptors (Lipinski definition) is 5. The maximum absolute atomic E-state index is 12.0. The number of amides is 1. The van der Waals surface area contributed by atoms with Gasteiger partial charge in [-0.15, -0.1) is 24.2 Å². The number of carbonyl (C=O) groups is 1. The topological polar surface area (TPSA) is 66.9 Å². The van der Waals surface area contributed by atoms with Crippen molar-refractivity contribution < 1.29 is 4.79 Å². The minimum absolute atomic E-state index is 0. The normalized spacial score (nSPS) is 16.9. The molecule has 1 aromatic carbocycles. The Morgan fingerprint density at radius 2 is 2.09 bits per heavy atom. The molecule has 3 rings (SSSR count). The molecule has 0 bridgehead atoms. The second kappa shape index (κ2) is 7.58. The number of benzene rings is 1. The Morgan fingerprint density at radius 1 is 1.32 bits per heavy atom. The van der Waals surface area contributed by atoms with Crippen LogP contribution >= 0.6 is 24.2 Å². The summed E-state index contributed by atoms with van der Waals surface area (Å²) in [4.78, 5) is 20.6. The summed E-state index contributed by atoms with van der Waals surface area (Å²) in [5, 5.41) is 6.07. The maximum Gasteiger partial charge on any atom is 0.242 e. The summed E-state index contributed by atoms with van der Waals surface area (Å²) in [5.74, 6) is 2.37. The number of nitrogens with zero attached hydrogens (tertiary/aromatic N) is 2. The highest BCUT2D eigenvalue weighted by molar-refractivity contribution is 7.99. The first kappa shape index (κ1) is 16.7. The second-order valence-electron chi connectivity index (χ2n) is 4.86. The van der Waals surface area contributed by atoms with Crippen LogP contribution in [0.3, 0.4) is 0 Å². The van der Waals surface area contributed by atoms with Crippen LogP contribution in [0.15, 0.2) is 36.5 Å². The monoisotopic (exact) mass is 336 g/mol. The molecule has 1 saturated heterocycles. The van der Waals surface area contributed by atoms with Crippen LogP contribution < -0.4 is 10.6 Å². The van der Waals surface area contributed by atoms with Crippen molar-refractivity contribution in [1.82, 2.24) is 15.3 Å². The van der Waals surface area contributed by atoms with Crippen LogP contribution in [0.1, 0.15) is 5.69 Å². The van der Waals surface area contributed by atoms with Gasteiger partial charge in [-0.3, -0.25) is 10.1 Å². The molecule has 0 radical (unpaired) electrons. The van der Waals surface area contributed by atoms with E-state index in [0.29, 0.717) is 5.82 Å². The van der Waals surface area contributed by atoms with E-state index in [9.17, 15) is 4.79 Å². The first-order valence-electron chi connectivity index (χ1n) is 6.74. The van der Waals surface area contributed by atoms with E-state index in [-0.39, 0.29) is 24.4 Å². The van der Waals surface area contributed by atoms with Crippen LogP contribution in [-0.2, 0) is 4.79 Å². The largest absolute Gasteiger partial charge is 0.325 e. The zero-order valence-corrected chi connectivity index (χ0v) is 13.7.